The number of thioether (sulfide) groups is 1. The SMILES string of the molecule is Nc1ccn(C2S[C@@H](COCc3ccccc3)[C@H](OCc3ccccc3)[C@H]2OCc2ccccc2)c(=O)n1. The number of ether oxygens (including phenoxy) is 3. The Morgan fingerprint density at radius 3 is 1.82 bits per heavy atom. The highest BCUT2D eigenvalue weighted by Gasteiger charge is 2.47. The third kappa shape index (κ3) is 6.71. The van der Waals surface area contributed by atoms with E-state index in [1.54, 1.807) is 28.6 Å². The number of hydrogen-bond donors (Lipinski definition) is 1. The van der Waals surface area contributed by atoms with Crippen LogP contribution in [0.5, 0.6) is 0 Å². The van der Waals surface area contributed by atoms with Crippen molar-refractivity contribution >= 4 is 17.6 Å². The van der Waals surface area contributed by atoms with Crippen molar-refractivity contribution in [3.63, 3.8) is 0 Å². The van der Waals surface area contributed by atoms with Crippen LogP contribution >= 0.6 is 11.8 Å². The molecule has 0 radical (unpaired) electrons. The molecule has 196 valence electrons. The lowest BCUT2D eigenvalue weighted by atomic mass is 10.1. The van der Waals surface area contributed by atoms with Crippen molar-refractivity contribution in [3.05, 3.63) is 130 Å². The molecule has 3 aromatic carbocycles. The molecule has 1 aromatic heterocycles. The first-order valence-electron chi connectivity index (χ1n) is 12.6. The number of nitrogens with zero attached hydrogens (tertiary/aromatic N) is 2. The molecule has 4 aromatic rings. The van der Waals surface area contributed by atoms with Gasteiger partial charge in [-0.15, -0.1) is 11.8 Å². The molecule has 38 heavy (non-hydrogen) atoms. The molecule has 0 aliphatic carbocycles. The van der Waals surface area contributed by atoms with Crippen LogP contribution in [0.1, 0.15) is 22.1 Å². The maximum atomic E-state index is 12.9. The second kappa shape index (κ2) is 12.9. The minimum absolute atomic E-state index is 0.0716. The summed E-state index contributed by atoms with van der Waals surface area (Å²) in [6.45, 7) is 1.75. The fourth-order valence-electron chi connectivity index (χ4n) is 4.47. The molecule has 1 fully saturated rings. The van der Waals surface area contributed by atoms with Gasteiger partial charge in [-0.25, -0.2) is 4.79 Å². The molecule has 1 aliphatic rings. The Balaban J connectivity index is 1.40. The predicted octanol–water partition coefficient (Wildman–Crippen LogP) is 4.83. The first kappa shape index (κ1) is 26.2. The first-order chi connectivity index (χ1) is 18.7. The fraction of sp³-hybridized carbons (Fsp3) is 0.267. The highest BCUT2D eigenvalue weighted by molar-refractivity contribution is 8.00. The van der Waals surface area contributed by atoms with Crippen molar-refractivity contribution in [1.29, 1.82) is 0 Å². The topological polar surface area (TPSA) is 88.6 Å². The monoisotopic (exact) mass is 529 g/mol. The second-order valence-corrected chi connectivity index (χ2v) is 10.5. The van der Waals surface area contributed by atoms with Gasteiger partial charge < -0.3 is 19.9 Å². The first-order valence-corrected chi connectivity index (χ1v) is 13.5. The highest BCUT2D eigenvalue weighted by atomic mass is 32.2. The summed E-state index contributed by atoms with van der Waals surface area (Å²) in [6, 6.07) is 31.7. The smallest absolute Gasteiger partial charge is 0.350 e. The van der Waals surface area contributed by atoms with E-state index in [2.05, 4.69) is 4.98 Å². The van der Waals surface area contributed by atoms with Crippen LogP contribution < -0.4 is 11.4 Å². The van der Waals surface area contributed by atoms with E-state index in [0.717, 1.165) is 16.7 Å². The second-order valence-electron chi connectivity index (χ2n) is 9.13. The third-order valence-corrected chi connectivity index (χ3v) is 7.90. The Kier molecular flexibility index (Phi) is 8.88. The highest BCUT2D eigenvalue weighted by Crippen LogP contribution is 2.45. The normalized spacial score (nSPS) is 20.9. The molecule has 1 unspecified atom stereocenters. The van der Waals surface area contributed by atoms with E-state index >= 15 is 0 Å². The van der Waals surface area contributed by atoms with Crippen molar-refractivity contribution in [2.24, 2.45) is 0 Å². The number of nitrogens with two attached hydrogens (primary N) is 1. The molecule has 0 spiro atoms. The molecule has 8 heteroatoms. The van der Waals surface area contributed by atoms with Gasteiger partial charge in [-0.3, -0.25) is 4.57 Å². The average molecular weight is 530 g/mol. The maximum absolute atomic E-state index is 12.9. The van der Waals surface area contributed by atoms with E-state index in [9.17, 15) is 4.79 Å². The molecule has 1 saturated heterocycles. The Labute approximate surface area is 226 Å². The number of rotatable bonds is 11. The van der Waals surface area contributed by atoms with Crippen LogP contribution in [0.3, 0.4) is 0 Å². The molecule has 2 heterocycles. The van der Waals surface area contributed by atoms with Gasteiger partial charge in [0.05, 0.1) is 31.7 Å². The van der Waals surface area contributed by atoms with E-state index in [-0.39, 0.29) is 22.5 Å². The molecule has 5 rings (SSSR count). The largest absolute Gasteiger partial charge is 0.383 e. The van der Waals surface area contributed by atoms with Gasteiger partial charge in [0, 0.05) is 6.20 Å². The zero-order valence-corrected chi connectivity index (χ0v) is 21.8. The van der Waals surface area contributed by atoms with Crippen LogP contribution in [0, 0.1) is 0 Å². The van der Waals surface area contributed by atoms with Crippen molar-refractivity contribution in [1.82, 2.24) is 9.55 Å². The third-order valence-electron chi connectivity index (χ3n) is 6.38. The van der Waals surface area contributed by atoms with Gasteiger partial charge in [-0.05, 0) is 22.8 Å². The van der Waals surface area contributed by atoms with Crippen LogP contribution in [0.2, 0.25) is 0 Å². The van der Waals surface area contributed by atoms with Crippen LogP contribution in [-0.2, 0) is 34.0 Å². The number of benzene rings is 3. The van der Waals surface area contributed by atoms with Gasteiger partial charge in [0.2, 0.25) is 0 Å². The molecular formula is C30H31N3O4S. The number of aromatic nitrogens is 2. The quantitative estimate of drug-likeness (QED) is 0.298. The van der Waals surface area contributed by atoms with Crippen molar-refractivity contribution in [2.75, 3.05) is 12.3 Å². The van der Waals surface area contributed by atoms with Gasteiger partial charge in [0.25, 0.3) is 0 Å². The molecule has 4 atom stereocenters. The zero-order chi connectivity index (χ0) is 26.2. The van der Waals surface area contributed by atoms with E-state index < -0.39 is 11.8 Å². The van der Waals surface area contributed by atoms with Crippen molar-refractivity contribution in [3.8, 4) is 0 Å². The molecular weight excluding hydrogens is 498 g/mol. The summed E-state index contributed by atoms with van der Waals surface area (Å²) in [5, 5.41) is -0.428. The maximum Gasteiger partial charge on any atom is 0.350 e. The summed E-state index contributed by atoms with van der Waals surface area (Å²) in [4.78, 5) is 16.8. The molecule has 2 N–H and O–H groups in total. The summed E-state index contributed by atoms with van der Waals surface area (Å²) < 4.78 is 20.8. The van der Waals surface area contributed by atoms with Gasteiger partial charge in [-0.2, -0.15) is 4.98 Å². The van der Waals surface area contributed by atoms with Crippen LogP contribution in [0.25, 0.3) is 0 Å². The Morgan fingerprint density at radius 1 is 0.737 bits per heavy atom. The van der Waals surface area contributed by atoms with Crippen molar-refractivity contribution < 1.29 is 14.2 Å². The van der Waals surface area contributed by atoms with Crippen LogP contribution in [0.4, 0.5) is 5.82 Å². The van der Waals surface area contributed by atoms with Gasteiger partial charge in [0.1, 0.15) is 23.4 Å². The average Bonchev–Trinajstić information content (AvgIpc) is 3.29. The number of hydrogen-bond acceptors (Lipinski definition) is 7. The predicted molar refractivity (Wildman–Crippen MR) is 149 cm³/mol. The molecule has 7 nitrogen and oxygen atoms in total. The number of anilines is 1. The van der Waals surface area contributed by atoms with Crippen LogP contribution in [0.15, 0.2) is 108 Å². The molecule has 0 amide bonds. The van der Waals surface area contributed by atoms with Crippen LogP contribution in [-0.4, -0.2) is 33.6 Å². The van der Waals surface area contributed by atoms with E-state index in [0.29, 0.717) is 26.4 Å². The summed E-state index contributed by atoms with van der Waals surface area (Å²) in [6.07, 6.45) is 0.939. The van der Waals surface area contributed by atoms with Gasteiger partial charge in [-0.1, -0.05) is 91.0 Å². The zero-order valence-electron chi connectivity index (χ0n) is 21.0. The standard InChI is InChI=1S/C30H31N3O4S/c31-26-16-17-33(30(34)32-26)29-28(37-20-24-14-8-3-9-15-24)27(36-19-23-12-6-2-7-13-23)25(38-29)21-35-18-22-10-4-1-5-11-22/h1-17,25,27-29H,18-21H2,(H2,31,32,34)/t25-,27-,28+,29?/m0/s1. The molecule has 0 bridgehead atoms. The van der Waals surface area contributed by atoms with E-state index in [1.807, 2.05) is 91.0 Å². The Morgan fingerprint density at radius 2 is 1.26 bits per heavy atom. The fourth-order valence-corrected chi connectivity index (χ4v) is 6.07. The van der Waals surface area contributed by atoms with E-state index in [1.165, 1.54) is 0 Å². The number of nitrogen functional groups attached to an aromatic ring is 1. The van der Waals surface area contributed by atoms with Gasteiger partial charge >= 0.3 is 5.69 Å². The minimum atomic E-state index is -0.419. The molecule has 0 saturated carbocycles. The lowest BCUT2D eigenvalue weighted by molar-refractivity contribution is -0.0920. The minimum Gasteiger partial charge on any atom is -0.383 e. The van der Waals surface area contributed by atoms with Crippen molar-refractivity contribution in [2.45, 2.75) is 42.7 Å². The molecule has 1 aliphatic heterocycles. The lowest BCUT2D eigenvalue weighted by Crippen LogP contribution is -2.40. The summed E-state index contributed by atoms with van der Waals surface area (Å²) in [5.74, 6) is 0.190. The van der Waals surface area contributed by atoms with E-state index in [4.69, 9.17) is 19.9 Å². The summed E-state index contributed by atoms with van der Waals surface area (Å²) in [5.41, 5.74) is 8.58. The Hall–Kier alpha value is -3.43. The summed E-state index contributed by atoms with van der Waals surface area (Å²) in [7, 11) is 0. The lowest BCUT2D eigenvalue weighted by Gasteiger charge is -2.27. The van der Waals surface area contributed by atoms with Gasteiger partial charge in [0.15, 0.2) is 0 Å². The Bertz CT molecular complexity index is 1340. The summed E-state index contributed by atoms with van der Waals surface area (Å²) >= 11 is 1.61.